The summed E-state index contributed by atoms with van der Waals surface area (Å²) in [5, 5.41) is 2.29. The number of furan rings is 1. The number of fused-ring (bicyclic) bond motifs is 3. The van der Waals surface area contributed by atoms with E-state index < -0.39 is 0 Å². The number of nitrogens with zero attached hydrogens (tertiary/aromatic N) is 1. The van der Waals surface area contributed by atoms with E-state index in [-0.39, 0.29) is 0 Å². The first kappa shape index (κ1) is 30.7. The first-order valence-electron chi connectivity index (χ1n) is 17.7. The largest absolute Gasteiger partial charge is 0.456 e. The van der Waals surface area contributed by atoms with Crippen molar-refractivity contribution < 1.29 is 4.42 Å². The van der Waals surface area contributed by atoms with Crippen molar-refractivity contribution in [2.24, 2.45) is 5.92 Å². The van der Waals surface area contributed by atoms with Crippen molar-refractivity contribution in [3.05, 3.63) is 194 Å². The van der Waals surface area contributed by atoms with Gasteiger partial charge in [-0.25, -0.2) is 0 Å². The number of hydrogen-bond donors (Lipinski definition) is 0. The van der Waals surface area contributed by atoms with Gasteiger partial charge >= 0.3 is 0 Å². The van der Waals surface area contributed by atoms with Crippen molar-refractivity contribution in [3.63, 3.8) is 0 Å². The van der Waals surface area contributed by atoms with Crippen LogP contribution in [0.1, 0.15) is 18.9 Å². The molecular formula is C49H37NO. The second kappa shape index (κ2) is 13.2. The third-order valence-corrected chi connectivity index (χ3v) is 10.1. The lowest BCUT2D eigenvalue weighted by Gasteiger charge is -2.29. The second-order valence-electron chi connectivity index (χ2n) is 13.4. The van der Waals surface area contributed by atoms with E-state index in [1.165, 1.54) is 22.3 Å². The number of hydrogen-bond acceptors (Lipinski definition) is 2. The molecule has 0 amide bonds. The molecule has 0 fully saturated rings. The van der Waals surface area contributed by atoms with E-state index in [1.807, 2.05) is 12.1 Å². The van der Waals surface area contributed by atoms with E-state index in [2.05, 4.69) is 188 Å². The van der Waals surface area contributed by atoms with Crippen LogP contribution in [0.5, 0.6) is 0 Å². The third kappa shape index (κ3) is 5.85. The summed E-state index contributed by atoms with van der Waals surface area (Å²) in [6, 6.07) is 61.0. The highest BCUT2D eigenvalue weighted by Gasteiger charge is 2.20. The Morgan fingerprint density at radius 1 is 0.490 bits per heavy atom. The predicted molar refractivity (Wildman–Crippen MR) is 216 cm³/mol. The van der Waals surface area contributed by atoms with Gasteiger partial charge in [0.05, 0.1) is 5.69 Å². The van der Waals surface area contributed by atoms with Crippen molar-refractivity contribution in [2.45, 2.75) is 13.3 Å². The van der Waals surface area contributed by atoms with Gasteiger partial charge in [0.1, 0.15) is 11.2 Å². The summed E-state index contributed by atoms with van der Waals surface area (Å²) in [4.78, 5) is 2.42. The van der Waals surface area contributed by atoms with Gasteiger partial charge in [0.15, 0.2) is 0 Å². The molecule has 51 heavy (non-hydrogen) atoms. The lowest BCUT2D eigenvalue weighted by molar-refractivity contribution is 0.669. The Bertz CT molecular complexity index is 2590. The van der Waals surface area contributed by atoms with Crippen LogP contribution < -0.4 is 4.90 Å². The van der Waals surface area contributed by atoms with Gasteiger partial charge in [-0.3, -0.25) is 0 Å². The number of para-hydroxylation sites is 2. The van der Waals surface area contributed by atoms with E-state index in [0.717, 1.165) is 67.7 Å². The van der Waals surface area contributed by atoms with E-state index >= 15 is 0 Å². The van der Waals surface area contributed by atoms with Gasteiger partial charge in [0.2, 0.25) is 0 Å². The predicted octanol–water partition coefficient (Wildman–Crippen LogP) is 14.0. The number of anilines is 3. The second-order valence-corrected chi connectivity index (χ2v) is 13.4. The molecule has 0 aliphatic heterocycles. The van der Waals surface area contributed by atoms with Crippen LogP contribution in [-0.4, -0.2) is 0 Å². The molecular weight excluding hydrogens is 619 g/mol. The summed E-state index contributed by atoms with van der Waals surface area (Å²) in [5.74, 6) is 0.471. The molecule has 2 heteroatoms. The van der Waals surface area contributed by atoms with Crippen LogP contribution in [0.4, 0.5) is 17.1 Å². The number of benzene rings is 7. The van der Waals surface area contributed by atoms with Crippen LogP contribution in [0.25, 0.3) is 60.9 Å². The lowest BCUT2D eigenvalue weighted by atomic mass is 9.88. The average molecular weight is 656 g/mol. The molecule has 1 aromatic heterocycles. The van der Waals surface area contributed by atoms with Crippen molar-refractivity contribution in [3.8, 4) is 33.4 Å². The summed E-state index contributed by atoms with van der Waals surface area (Å²) in [7, 11) is 0. The Labute approximate surface area is 299 Å². The molecule has 0 N–H and O–H groups in total. The van der Waals surface area contributed by atoms with Gasteiger partial charge in [-0.15, -0.1) is 0 Å². The zero-order valence-corrected chi connectivity index (χ0v) is 28.5. The Morgan fingerprint density at radius 2 is 1.10 bits per heavy atom. The summed E-state index contributed by atoms with van der Waals surface area (Å²) < 4.78 is 6.24. The summed E-state index contributed by atoms with van der Waals surface area (Å²) >= 11 is 0. The molecule has 1 heterocycles. The molecule has 8 aromatic rings. The fraction of sp³-hybridized carbons (Fsp3) is 0.0612. The molecule has 0 spiro atoms. The highest BCUT2D eigenvalue weighted by Crippen LogP contribution is 2.43. The molecule has 1 unspecified atom stereocenters. The molecule has 0 saturated heterocycles. The smallest absolute Gasteiger partial charge is 0.136 e. The molecule has 1 atom stereocenters. The van der Waals surface area contributed by atoms with Crippen LogP contribution in [0.2, 0.25) is 0 Å². The Balaban J connectivity index is 1.15. The zero-order chi connectivity index (χ0) is 34.1. The van der Waals surface area contributed by atoms with Crippen LogP contribution in [-0.2, 0) is 0 Å². The first-order chi connectivity index (χ1) is 25.2. The molecule has 244 valence electrons. The quantitative estimate of drug-likeness (QED) is 0.170. The molecule has 0 bridgehead atoms. The van der Waals surface area contributed by atoms with E-state index in [1.54, 1.807) is 0 Å². The molecule has 2 nitrogen and oxygen atoms in total. The third-order valence-electron chi connectivity index (χ3n) is 10.1. The van der Waals surface area contributed by atoms with Crippen molar-refractivity contribution in [1.82, 2.24) is 0 Å². The fourth-order valence-electron chi connectivity index (χ4n) is 7.52. The van der Waals surface area contributed by atoms with Gasteiger partial charge in [0, 0.05) is 27.7 Å². The van der Waals surface area contributed by atoms with Gasteiger partial charge in [0.25, 0.3) is 0 Å². The minimum Gasteiger partial charge on any atom is -0.456 e. The van der Waals surface area contributed by atoms with E-state index in [9.17, 15) is 0 Å². The van der Waals surface area contributed by atoms with Crippen LogP contribution in [0, 0.1) is 5.92 Å². The van der Waals surface area contributed by atoms with Gasteiger partial charge in [-0.1, -0.05) is 140 Å². The topological polar surface area (TPSA) is 16.4 Å². The van der Waals surface area contributed by atoms with Crippen LogP contribution in [0.15, 0.2) is 193 Å². The summed E-state index contributed by atoms with van der Waals surface area (Å²) in [6.45, 7) is 2.32. The van der Waals surface area contributed by atoms with Crippen molar-refractivity contribution in [1.29, 1.82) is 0 Å². The fourth-order valence-corrected chi connectivity index (χ4v) is 7.52. The first-order valence-corrected chi connectivity index (χ1v) is 17.7. The van der Waals surface area contributed by atoms with Gasteiger partial charge in [-0.2, -0.15) is 0 Å². The maximum absolute atomic E-state index is 6.24. The number of rotatable bonds is 7. The monoisotopic (exact) mass is 655 g/mol. The SMILES string of the molecule is CC1CC=CC=C1c1cccc(N(c2cccc(-c3cccc(-c4ccc5c(c4)oc4ccccc45)c3)c2)c2ccccc2-c2ccccc2)c1. The lowest BCUT2D eigenvalue weighted by Crippen LogP contribution is -2.12. The molecule has 0 radical (unpaired) electrons. The van der Waals surface area contributed by atoms with Crippen molar-refractivity contribution in [2.75, 3.05) is 4.90 Å². The van der Waals surface area contributed by atoms with Gasteiger partial charge in [-0.05, 0) is 106 Å². The maximum Gasteiger partial charge on any atom is 0.136 e. The van der Waals surface area contributed by atoms with Crippen LogP contribution >= 0.6 is 0 Å². The molecule has 1 aliphatic rings. The Hall–Kier alpha value is -6.38. The van der Waals surface area contributed by atoms with Crippen LogP contribution in [0.3, 0.4) is 0 Å². The van der Waals surface area contributed by atoms with Crippen molar-refractivity contribution >= 4 is 44.6 Å². The Kier molecular flexibility index (Phi) is 7.91. The van der Waals surface area contributed by atoms with Gasteiger partial charge < -0.3 is 9.32 Å². The minimum absolute atomic E-state index is 0.471. The van der Waals surface area contributed by atoms with E-state index in [4.69, 9.17) is 4.42 Å². The average Bonchev–Trinajstić information content (AvgIpc) is 3.57. The normalized spacial score (nSPS) is 14.1. The highest BCUT2D eigenvalue weighted by atomic mass is 16.3. The molecule has 1 aliphatic carbocycles. The summed E-state index contributed by atoms with van der Waals surface area (Å²) in [5.41, 5.74) is 14.8. The number of allylic oxidation sites excluding steroid dienone is 4. The Morgan fingerprint density at radius 3 is 1.90 bits per heavy atom. The van der Waals surface area contributed by atoms with E-state index in [0.29, 0.717) is 5.92 Å². The highest BCUT2D eigenvalue weighted by molar-refractivity contribution is 6.06. The molecule has 9 rings (SSSR count). The standard InChI is InChI=1S/C49H37NO/c1-34-14-5-6-23-43(34)40-20-13-22-42(32-40)50(47-26-9-7-24-44(47)35-15-3-2-4-16-35)41-21-12-19-38(31-41)36-17-11-18-37(30-36)39-28-29-46-45-25-8-10-27-48(45)51-49(46)33-39/h2-13,15-34H,14H2,1H3. The molecule has 0 saturated carbocycles. The maximum atomic E-state index is 6.24. The summed E-state index contributed by atoms with van der Waals surface area (Å²) in [6.07, 6.45) is 7.79. The molecule has 7 aromatic carbocycles. The minimum atomic E-state index is 0.471. The zero-order valence-electron chi connectivity index (χ0n) is 28.5.